The number of rotatable bonds is 9. The zero-order chi connectivity index (χ0) is 23.6. The van der Waals surface area contributed by atoms with E-state index in [2.05, 4.69) is 0 Å². The second-order valence-corrected chi connectivity index (χ2v) is 10.9. The summed E-state index contributed by atoms with van der Waals surface area (Å²) in [5.74, 6) is 0.161. The lowest BCUT2D eigenvalue weighted by Crippen LogP contribution is -2.65. The van der Waals surface area contributed by atoms with E-state index in [1.807, 2.05) is 21.5 Å². The molecular weight excluding hydrogens is 473 g/mol. The van der Waals surface area contributed by atoms with Gasteiger partial charge in [0.1, 0.15) is 18.1 Å². The Balaban J connectivity index is 1.22. The van der Waals surface area contributed by atoms with Crippen molar-refractivity contribution in [3.05, 3.63) is 74.9 Å². The molecule has 0 unspecified atom stereocenters. The minimum atomic E-state index is -1.78. The molecule has 0 radical (unpaired) electrons. The number of quaternary nitrogens is 1. The Labute approximate surface area is 207 Å². The molecule has 1 N–H and O–H groups in total. The zero-order valence-electron chi connectivity index (χ0n) is 18.9. The number of fused-ring (bicyclic) bond motifs is 3. The average Bonchev–Trinajstić information content (AvgIpc) is 3.58. The molecule has 0 aliphatic carbocycles. The van der Waals surface area contributed by atoms with Gasteiger partial charge in [0.25, 0.3) is 0 Å². The number of nitrogens with zero attached hydrogens (tertiary/aromatic N) is 1. The van der Waals surface area contributed by atoms with E-state index in [4.69, 9.17) is 9.47 Å². The number of aliphatic hydroxyl groups is 1. The summed E-state index contributed by atoms with van der Waals surface area (Å²) >= 11 is 2.90. The Bertz CT molecular complexity index is 1040. The zero-order valence-corrected chi connectivity index (χ0v) is 20.5. The summed E-state index contributed by atoms with van der Waals surface area (Å²) in [6, 6.07) is 9.67. The summed E-state index contributed by atoms with van der Waals surface area (Å²) in [4.78, 5) is 13.4. The number of piperidine rings is 3. The molecule has 3 aliphatic rings. The van der Waals surface area contributed by atoms with Crippen molar-refractivity contribution in [3.8, 4) is 5.75 Å². The SMILES string of the molecule is O=C(O[C@H]1C[N+]2(CCCOc3ccc(F)cc3)CCC1CC2)C(O)(c1ccsc1)c1ccsc1. The number of esters is 1. The fourth-order valence-electron chi connectivity index (χ4n) is 5.36. The highest BCUT2D eigenvalue weighted by atomic mass is 32.1. The van der Waals surface area contributed by atoms with Crippen molar-refractivity contribution >= 4 is 28.6 Å². The van der Waals surface area contributed by atoms with E-state index >= 15 is 0 Å². The van der Waals surface area contributed by atoms with Crippen LogP contribution in [-0.4, -0.2) is 54.4 Å². The predicted octanol–water partition coefficient (Wildman–Crippen LogP) is 4.81. The first-order valence-corrected chi connectivity index (χ1v) is 13.6. The highest BCUT2D eigenvalue weighted by Crippen LogP contribution is 2.39. The second-order valence-electron chi connectivity index (χ2n) is 9.37. The van der Waals surface area contributed by atoms with Crippen molar-refractivity contribution < 1.29 is 28.2 Å². The average molecular weight is 503 g/mol. The van der Waals surface area contributed by atoms with Gasteiger partial charge in [-0.2, -0.15) is 22.7 Å². The van der Waals surface area contributed by atoms with E-state index in [9.17, 15) is 14.3 Å². The molecule has 3 aromatic rings. The Morgan fingerprint density at radius 1 is 1.06 bits per heavy atom. The number of benzene rings is 1. The van der Waals surface area contributed by atoms with Crippen molar-refractivity contribution in [2.75, 3.05) is 32.8 Å². The number of hydrogen-bond donors (Lipinski definition) is 1. The van der Waals surface area contributed by atoms with Gasteiger partial charge in [0.15, 0.2) is 6.10 Å². The molecular formula is C26H29FNO4S2+. The van der Waals surface area contributed by atoms with Crippen LogP contribution in [0.2, 0.25) is 0 Å². The molecule has 6 rings (SSSR count). The molecule has 3 saturated heterocycles. The van der Waals surface area contributed by atoms with Gasteiger partial charge in [-0.05, 0) is 57.9 Å². The fourth-order valence-corrected chi connectivity index (χ4v) is 6.75. The van der Waals surface area contributed by atoms with Gasteiger partial charge in [0, 0.05) is 36.3 Å². The molecule has 34 heavy (non-hydrogen) atoms. The maximum absolute atomic E-state index is 13.4. The van der Waals surface area contributed by atoms with Crippen LogP contribution >= 0.6 is 22.7 Å². The lowest BCUT2D eigenvalue weighted by Gasteiger charge is -2.52. The smallest absolute Gasteiger partial charge is 0.348 e. The summed E-state index contributed by atoms with van der Waals surface area (Å²) in [5, 5.41) is 18.9. The molecule has 2 bridgehead atoms. The largest absolute Gasteiger partial charge is 0.493 e. The summed E-state index contributed by atoms with van der Waals surface area (Å²) in [7, 11) is 0. The van der Waals surface area contributed by atoms with Crippen LogP contribution in [0.25, 0.3) is 0 Å². The maximum Gasteiger partial charge on any atom is 0.348 e. The Morgan fingerprint density at radius 3 is 2.29 bits per heavy atom. The van der Waals surface area contributed by atoms with Crippen molar-refractivity contribution in [3.63, 3.8) is 0 Å². The van der Waals surface area contributed by atoms with Crippen molar-refractivity contribution in [1.29, 1.82) is 0 Å². The molecule has 3 fully saturated rings. The van der Waals surface area contributed by atoms with Crippen molar-refractivity contribution in [2.24, 2.45) is 5.92 Å². The van der Waals surface area contributed by atoms with Gasteiger partial charge in [-0.1, -0.05) is 0 Å². The normalized spacial score (nSPS) is 24.2. The molecule has 1 aromatic carbocycles. The first-order chi connectivity index (χ1) is 16.5. The lowest BCUT2D eigenvalue weighted by molar-refractivity contribution is -0.946. The van der Waals surface area contributed by atoms with Crippen LogP contribution in [0.1, 0.15) is 30.4 Å². The minimum absolute atomic E-state index is 0.197. The first-order valence-electron chi connectivity index (χ1n) is 11.7. The number of ether oxygens (including phenoxy) is 2. The van der Waals surface area contributed by atoms with E-state index in [0.717, 1.165) is 49.9 Å². The molecule has 2 aromatic heterocycles. The summed E-state index contributed by atoms with van der Waals surface area (Å²) in [5.41, 5.74) is -0.659. The van der Waals surface area contributed by atoms with Gasteiger partial charge in [-0.25, -0.2) is 9.18 Å². The van der Waals surface area contributed by atoms with E-state index in [-0.39, 0.29) is 11.9 Å². The van der Waals surface area contributed by atoms with E-state index in [1.54, 1.807) is 24.3 Å². The topological polar surface area (TPSA) is 55.8 Å². The highest BCUT2D eigenvalue weighted by Gasteiger charge is 2.50. The number of hydrogen-bond acceptors (Lipinski definition) is 6. The molecule has 5 heterocycles. The number of halogens is 1. The van der Waals surface area contributed by atoms with Crippen LogP contribution in [0.3, 0.4) is 0 Å². The van der Waals surface area contributed by atoms with Gasteiger partial charge in [-0.3, -0.25) is 0 Å². The van der Waals surface area contributed by atoms with Gasteiger partial charge in [0.05, 0.1) is 26.2 Å². The Hall–Kier alpha value is -2.26. The van der Waals surface area contributed by atoms with E-state index < -0.39 is 11.6 Å². The molecule has 180 valence electrons. The Kier molecular flexibility index (Phi) is 6.75. The molecule has 5 nitrogen and oxygen atoms in total. The highest BCUT2D eigenvalue weighted by molar-refractivity contribution is 7.08. The molecule has 1 atom stereocenters. The number of carbonyl (C=O) groups excluding carboxylic acids is 1. The lowest BCUT2D eigenvalue weighted by atomic mass is 9.82. The van der Waals surface area contributed by atoms with Crippen molar-refractivity contribution in [1.82, 2.24) is 0 Å². The molecule has 0 amide bonds. The van der Waals surface area contributed by atoms with Gasteiger partial charge in [-0.15, -0.1) is 0 Å². The molecule has 8 heteroatoms. The van der Waals surface area contributed by atoms with E-state index in [0.29, 0.717) is 29.4 Å². The van der Waals surface area contributed by atoms with Crippen LogP contribution in [-0.2, 0) is 15.1 Å². The van der Waals surface area contributed by atoms with E-state index in [1.165, 1.54) is 34.8 Å². The van der Waals surface area contributed by atoms with Gasteiger partial charge in [0.2, 0.25) is 5.60 Å². The van der Waals surface area contributed by atoms with Crippen molar-refractivity contribution in [2.45, 2.75) is 31.0 Å². The summed E-state index contributed by atoms with van der Waals surface area (Å²) in [6.07, 6.45) is 2.71. The third-order valence-corrected chi connectivity index (χ3v) is 8.70. The van der Waals surface area contributed by atoms with Crippen LogP contribution in [0.15, 0.2) is 57.9 Å². The number of thiophene rings is 2. The van der Waals surface area contributed by atoms with Crippen LogP contribution < -0.4 is 4.74 Å². The quantitative estimate of drug-likeness (QED) is 0.259. The third kappa shape index (κ3) is 4.64. The second kappa shape index (κ2) is 9.77. The monoisotopic (exact) mass is 502 g/mol. The molecule has 3 aliphatic heterocycles. The van der Waals surface area contributed by atoms with Crippen LogP contribution in [0.4, 0.5) is 4.39 Å². The standard InChI is InChI=1S/C26H29FNO4S2/c27-22-2-4-23(5-3-22)31-13-1-10-28-11-6-19(7-12-28)24(16-28)32-25(29)26(30,20-8-14-33-17-20)21-9-15-34-18-21/h2-5,8-9,14-15,17-19,24,30H,1,6-7,10-13,16H2/q+1/t19?,24-,28?/m0/s1. The molecule has 0 spiro atoms. The first kappa shape index (κ1) is 23.5. The molecule has 0 saturated carbocycles. The van der Waals surface area contributed by atoms with Gasteiger partial charge >= 0.3 is 5.97 Å². The minimum Gasteiger partial charge on any atom is -0.493 e. The summed E-state index contributed by atoms with van der Waals surface area (Å²) < 4.78 is 25.9. The predicted molar refractivity (Wildman–Crippen MR) is 130 cm³/mol. The summed E-state index contributed by atoms with van der Waals surface area (Å²) in [6.45, 7) is 4.44. The Morgan fingerprint density at radius 2 is 1.71 bits per heavy atom. The van der Waals surface area contributed by atoms with Crippen LogP contribution in [0, 0.1) is 11.7 Å². The third-order valence-electron chi connectivity index (χ3n) is 7.33. The van der Waals surface area contributed by atoms with Gasteiger partial charge < -0.3 is 19.1 Å². The fraction of sp³-hybridized carbons (Fsp3) is 0.423. The maximum atomic E-state index is 13.4. The number of carbonyl (C=O) groups is 1. The van der Waals surface area contributed by atoms with Crippen LogP contribution in [0.5, 0.6) is 5.75 Å².